The van der Waals surface area contributed by atoms with Gasteiger partial charge in [0.1, 0.15) is 5.82 Å². The van der Waals surface area contributed by atoms with E-state index in [1.807, 2.05) is 0 Å². The summed E-state index contributed by atoms with van der Waals surface area (Å²) in [5, 5.41) is 2.86. The molecule has 1 N–H and O–H groups in total. The maximum absolute atomic E-state index is 13.0. The molecular weight excluding hydrogens is 347 g/mol. The molecule has 2 amide bonds. The molecule has 5 nitrogen and oxygen atoms in total. The predicted octanol–water partition coefficient (Wildman–Crippen LogP) is 3.52. The highest BCUT2D eigenvalue weighted by Crippen LogP contribution is 2.21. The first-order chi connectivity index (χ1) is 12.9. The average molecular weight is 368 g/mol. The number of anilines is 1. The Labute approximate surface area is 157 Å². The molecule has 1 fully saturated rings. The predicted molar refractivity (Wildman–Crippen MR) is 100 cm³/mol. The molecule has 3 rings (SSSR count). The first kappa shape index (κ1) is 18.8. The molecule has 0 aliphatic carbocycles. The van der Waals surface area contributed by atoms with Crippen LogP contribution in [0.3, 0.4) is 0 Å². The van der Waals surface area contributed by atoms with Gasteiger partial charge in [-0.3, -0.25) is 14.4 Å². The summed E-state index contributed by atoms with van der Waals surface area (Å²) in [6.45, 7) is 2.46. The van der Waals surface area contributed by atoms with Crippen molar-refractivity contribution >= 4 is 23.3 Å². The van der Waals surface area contributed by atoms with Crippen LogP contribution in [0.5, 0.6) is 0 Å². The summed E-state index contributed by atoms with van der Waals surface area (Å²) in [7, 11) is 0. The second-order valence-electron chi connectivity index (χ2n) is 6.70. The van der Waals surface area contributed by atoms with Gasteiger partial charge in [0.25, 0.3) is 5.91 Å². The number of carbonyl (C=O) groups excluding carboxylic acids is 3. The lowest BCUT2D eigenvalue weighted by Gasteiger charge is -2.31. The van der Waals surface area contributed by atoms with Crippen molar-refractivity contribution in [2.45, 2.75) is 19.8 Å². The Morgan fingerprint density at radius 2 is 1.48 bits per heavy atom. The molecule has 1 aliphatic rings. The molecule has 1 aliphatic heterocycles. The van der Waals surface area contributed by atoms with Crippen LogP contribution < -0.4 is 5.32 Å². The van der Waals surface area contributed by atoms with E-state index in [2.05, 4.69) is 5.32 Å². The number of hydrogen-bond donors (Lipinski definition) is 1. The maximum Gasteiger partial charge on any atom is 0.253 e. The lowest BCUT2D eigenvalue weighted by atomic mass is 9.95. The van der Waals surface area contributed by atoms with E-state index < -0.39 is 0 Å². The zero-order valence-electron chi connectivity index (χ0n) is 15.1. The van der Waals surface area contributed by atoms with Gasteiger partial charge in [0.15, 0.2) is 5.78 Å². The number of piperidine rings is 1. The number of rotatable bonds is 4. The molecular formula is C21H21FN2O3. The van der Waals surface area contributed by atoms with E-state index in [9.17, 15) is 18.8 Å². The van der Waals surface area contributed by atoms with Gasteiger partial charge in [0.05, 0.1) is 0 Å². The Balaban J connectivity index is 1.53. The van der Waals surface area contributed by atoms with Crippen LogP contribution in [0.1, 0.15) is 40.5 Å². The minimum absolute atomic E-state index is 0.0222. The first-order valence-corrected chi connectivity index (χ1v) is 8.91. The fourth-order valence-electron chi connectivity index (χ4n) is 3.15. The second-order valence-corrected chi connectivity index (χ2v) is 6.70. The van der Waals surface area contributed by atoms with E-state index in [0.717, 1.165) is 0 Å². The number of halogens is 1. The average Bonchev–Trinajstić information content (AvgIpc) is 2.68. The lowest BCUT2D eigenvalue weighted by molar-refractivity contribution is -0.121. The molecule has 1 heterocycles. The molecule has 140 valence electrons. The molecule has 0 aromatic heterocycles. The zero-order valence-corrected chi connectivity index (χ0v) is 15.1. The Morgan fingerprint density at radius 3 is 2.04 bits per heavy atom. The fraction of sp³-hybridized carbons (Fsp3) is 0.286. The third-order valence-electron chi connectivity index (χ3n) is 4.80. The molecule has 1 saturated heterocycles. The number of amides is 2. The minimum Gasteiger partial charge on any atom is -0.339 e. The van der Waals surface area contributed by atoms with Crippen LogP contribution in [-0.2, 0) is 4.79 Å². The topological polar surface area (TPSA) is 66.5 Å². The van der Waals surface area contributed by atoms with Gasteiger partial charge < -0.3 is 10.2 Å². The number of nitrogens with one attached hydrogen (secondary N) is 1. The van der Waals surface area contributed by atoms with Gasteiger partial charge in [-0.25, -0.2) is 4.39 Å². The number of hydrogen-bond acceptors (Lipinski definition) is 3. The summed E-state index contributed by atoms with van der Waals surface area (Å²) in [6.07, 6.45) is 1.15. The molecule has 0 bridgehead atoms. The van der Waals surface area contributed by atoms with Gasteiger partial charge in [0.2, 0.25) is 5.91 Å². The first-order valence-electron chi connectivity index (χ1n) is 8.91. The van der Waals surface area contributed by atoms with Crippen molar-refractivity contribution in [2.24, 2.45) is 5.92 Å². The smallest absolute Gasteiger partial charge is 0.253 e. The standard InChI is InChI=1S/C21H21FN2O3/c1-14(25)15-4-8-19(9-5-15)23-20(26)16-10-12-24(13-11-16)21(27)17-2-6-18(22)7-3-17/h2-9,16H,10-13H2,1H3,(H,23,26). The van der Waals surface area contributed by atoms with Crippen molar-refractivity contribution in [2.75, 3.05) is 18.4 Å². The maximum atomic E-state index is 13.0. The van der Waals surface area contributed by atoms with Gasteiger partial charge in [-0.15, -0.1) is 0 Å². The summed E-state index contributed by atoms with van der Waals surface area (Å²) in [5.74, 6) is -0.799. The van der Waals surface area contributed by atoms with Gasteiger partial charge >= 0.3 is 0 Å². The van der Waals surface area contributed by atoms with E-state index in [0.29, 0.717) is 42.7 Å². The van der Waals surface area contributed by atoms with E-state index in [-0.39, 0.29) is 29.3 Å². The summed E-state index contributed by atoms with van der Waals surface area (Å²) in [5.41, 5.74) is 1.69. The molecule has 0 spiro atoms. The van der Waals surface area contributed by atoms with Crippen LogP contribution in [0, 0.1) is 11.7 Å². The third kappa shape index (κ3) is 4.58. The molecule has 0 radical (unpaired) electrons. The second kappa shape index (κ2) is 8.12. The molecule has 6 heteroatoms. The largest absolute Gasteiger partial charge is 0.339 e. The molecule has 0 saturated carbocycles. The summed E-state index contributed by atoms with van der Waals surface area (Å²) >= 11 is 0. The monoisotopic (exact) mass is 368 g/mol. The molecule has 2 aromatic carbocycles. The number of likely N-dealkylation sites (tertiary alicyclic amines) is 1. The quantitative estimate of drug-likeness (QED) is 0.840. The minimum atomic E-state index is -0.377. The van der Waals surface area contributed by atoms with Crippen molar-refractivity contribution in [3.8, 4) is 0 Å². The van der Waals surface area contributed by atoms with Crippen molar-refractivity contribution in [3.05, 3.63) is 65.5 Å². The van der Waals surface area contributed by atoms with Gasteiger partial charge in [0, 0.05) is 35.8 Å². The van der Waals surface area contributed by atoms with Crippen LogP contribution in [0.2, 0.25) is 0 Å². The highest BCUT2D eigenvalue weighted by atomic mass is 19.1. The number of carbonyl (C=O) groups is 3. The van der Waals surface area contributed by atoms with E-state index in [4.69, 9.17) is 0 Å². The van der Waals surface area contributed by atoms with Crippen molar-refractivity contribution < 1.29 is 18.8 Å². The number of Topliss-reactive ketones (excluding diaryl/α,β-unsaturated/α-hetero) is 1. The fourth-order valence-corrected chi connectivity index (χ4v) is 3.15. The van der Waals surface area contributed by atoms with Gasteiger partial charge in [-0.2, -0.15) is 0 Å². The Bertz CT molecular complexity index is 839. The summed E-state index contributed by atoms with van der Waals surface area (Å²) < 4.78 is 13.0. The van der Waals surface area contributed by atoms with E-state index in [1.165, 1.54) is 31.2 Å². The van der Waals surface area contributed by atoms with Crippen LogP contribution >= 0.6 is 0 Å². The molecule has 0 atom stereocenters. The van der Waals surface area contributed by atoms with Crippen LogP contribution in [0.15, 0.2) is 48.5 Å². The number of ketones is 1. The third-order valence-corrected chi connectivity index (χ3v) is 4.80. The normalized spacial score (nSPS) is 14.7. The Morgan fingerprint density at radius 1 is 0.926 bits per heavy atom. The van der Waals surface area contributed by atoms with E-state index in [1.54, 1.807) is 29.2 Å². The molecule has 2 aromatic rings. The van der Waals surface area contributed by atoms with E-state index >= 15 is 0 Å². The van der Waals surface area contributed by atoms with Crippen LogP contribution in [0.25, 0.3) is 0 Å². The molecule has 0 unspecified atom stereocenters. The van der Waals surface area contributed by atoms with Crippen LogP contribution in [0.4, 0.5) is 10.1 Å². The number of benzene rings is 2. The van der Waals surface area contributed by atoms with Crippen molar-refractivity contribution in [1.29, 1.82) is 0 Å². The van der Waals surface area contributed by atoms with Crippen LogP contribution in [-0.4, -0.2) is 35.6 Å². The van der Waals surface area contributed by atoms with Gasteiger partial charge in [-0.1, -0.05) is 0 Å². The zero-order chi connectivity index (χ0) is 19.4. The lowest BCUT2D eigenvalue weighted by Crippen LogP contribution is -2.41. The van der Waals surface area contributed by atoms with Gasteiger partial charge in [-0.05, 0) is 68.3 Å². The Hall–Kier alpha value is -3.02. The highest BCUT2D eigenvalue weighted by Gasteiger charge is 2.27. The van der Waals surface area contributed by atoms with Crippen molar-refractivity contribution in [3.63, 3.8) is 0 Å². The highest BCUT2D eigenvalue weighted by molar-refractivity contribution is 5.97. The van der Waals surface area contributed by atoms with Crippen molar-refractivity contribution in [1.82, 2.24) is 4.90 Å². The SMILES string of the molecule is CC(=O)c1ccc(NC(=O)C2CCN(C(=O)c3ccc(F)cc3)CC2)cc1. The Kier molecular flexibility index (Phi) is 5.64. The summed E-state index contributed by atoms with van der Waals surface area (Å²) in [6, 6.07) is 12.3. The summed E-state index contributed by atoms with van der Waals surface area (Å²) in [4.78, 5) is 37.9. The molecule has 27 heavy (non-hydrogen) atoms. The number of nitrogens with zero attached hydrogens (tertiary/aromatic N) is 1.